The second kappa shape index (κ2) is 10.1. The molecule has 0 aliphatic heterocycles. The van der Waals surface area contributed by atoms with Crippen LogP contribution in [0.5, 0.6) is 0 Å². The number of rotatable bonds is 8. The predicted molar refractivity (Wildman–Crippen MR) is 109 cm³/mol. The number of alkyl halides is 3. The van der Waals surface area contributed by atoms with Gasteiger partial charge in [-0.25, -0.2) is 13.1 Å². The molecule has 168 valence electrons. The molecule has 0 atom stereocenters. The molecule has 0 aliphatic rings. The average molecular weight is 478 g/mol. The van der Waals surface area contributed by atoms with Crippen LogP contribution in [-0.4, -0.2) is 33.3 Å². The molecule has 0 fully saturated rings. The molecular weight excluding hydrogens is 459 g/mol. The number of nitrogens with one attached hydrogen (secondary N) is 3. The lowest BCUT2D eigenvalue weighted by Gasteiger charge is -2.12. The number of carbonyl (C=O) groups excluding carboxylic acids is 2. The number of anilines is 1. The highest BCUT2D eigenvalue weighted by atomic mass is 35.5. The van der Waals surface area contributed by atoms with Gasteiger partial charge in [0.1, 0.15) is 4.90 Å². The van der Waals surface area contributed by atoms with Crippen LogP contribution in [0.15, 0.2) is 47.4 Å². The van der Waals surface area contributed by atoms with Crippen molar-refractivity contribution in [2.45, 2.75) is 24.4 Å². The van der Waals surface area contributed by atoms with Gasteiger partial charge in [-0.15, -0.1) is 0 Å². The monoisotopic (exact) mass is 477 g/mol. The molecule has 2 rings (SSSR count). The van der Waals surface area contributed by atoms with Crippen LogP contribution in [0.2, 0.25) is 5.02 Å². The number of carbonyl (C=O) groups is 2. The third-order valence-electron chi connectivity index (χ3n) is 4.00. The molecule has 7 nitrogen and oxygen atoms in total. The topological polar surface area (TPSA) is 104 Å². The van der Waals surface area contributed by atoms with Crippen molar-refractivity contribution in [2.24, 2.45) is 0 Å². The quantitative estimate of drug-likeness (QED) is 0.507. The molecule has 0 bridgehead atoms. The van der Waals surface area contributed by atoms with Crippen LogP contribution in [0.3, 0.4) is 0 Å². The zero-order valence-electron chi connectivity index (χ0n) is 16.2. The van der Waals surface area contributed by atoms with Gasteiger partial charge in [-0.3, -0.25) is 9.59 Å². The minimum absolute atomic E-state index is 0.122. The van der Waals surface area contributed by atoms with Crippen LogP contribution in [0.4, 0.5) is 18.9 Å². The van der Waals surface area contributed by atoms with E-state index < -0.39 is 32.6 Å². The van der Waals surface area contributed by atoms with E-state index in [1.54, 1.807) is 19.1 Å². The maximum atomic E-state index is 12.8. The Hall–Kier alpha value is -2.63. The van der Waals surface area contributed by atoms with Gasteiger partial charge in [0.25, 0.3) is 5.91 Å². The number of amides is 2. The standard InChI is InChI=1S/C19H19ClF3N3O4S/c1-2-17(27)26-14-6-3-12(4-7-14)18(28)24-9-10-25-31(29,30)16-11-13(19(21,22)23)5-8-15(16)20/h3-8,11,25H,2,9-10H2,1H3,(H,24,28)(H,26,27). The lowest BCUT2D eigenvalue weighted by molar-refractivity contribution is -0.137. The molecule has 3 N–H and O–H groups in total. The van der Waals surface area contributed by atoms with Crippen molar-refractivity contribution in [1.29, 1.82) is 0 Å². The minimum Gasteiger partial charge on any atom is -0.351 e. The maximum Gasteiger partial charge on any atom is 0.416 e. The molecule has 2 aromatic carbocycles. The Labute approximate surface area is 182 Å². The van der Waals surface area contributed by atoms with Gasteiger partial charge in [0.05, 0.1) is 10.6 Å². The van der Waals surface area contributed by atoms with Crippen LogP contribution in [0.25, 0.3) is 0 Å². The van der Waals surface area contributed by atoms with Gasteiger partial charge >= 0.3 is 6.18 Å². The fraction of sp³-hybridized carbons (Fsp3) is 0.263. The highest BCUT2D eigenvalue weighted by Gasteiger charge is 2.32. The Morgan fingerprint density at radius 3 is 2.26 bits per heavy atom. The van der Waals surface area contributed by atoms with Gasteiger partial charge in [0.2, 0.25) is 15.9 Å². The molecule has 2 amide bonds. The first-order chi connectivity index (χ1) is 14.4. The van der Waals surface area contributed by atoms with E-state index in [0.29, 0.717) is 24.2 Å². The molecule has 31 heavy (non-hydrogen) atoms. The van der Waals surface area contributed by atoms with Gasteiger partial charge in [-0.1, -0.05) is 18.5 Å². The maximum absolute atomic E-state index is 12.8. The van der Waals surface area contributed by atoms with Crippen molar-refractivity contribution in [1.82, 2.24) is 10.0 Å². The first kappa shape index (κ1) is 24.6. The first-order valence-electron chi connectivity index (χ1n) is 8.98. The summed E-state index contributed by atoms with van der Waals surface area (Å²) >= 11 is 5.75. The van der Waals surface area contributed by atoms with Gasteiger partial charge in [0.15, 0.2) is 0 Å². The van der Waals surface area contributed by atoms with Gasteiger partial charge in [-0.05, 0) is 42.5 Å². The fourth-order valence-electron chi connectivity index (χ4n) is 2.38. The molecule has 0 saturated heterocycles. The van der Waals surface area contributed by atoms with E-state index >= 15 is 0 Å². The Morgan fingerprint density at radius 1 is 1.03 bits per heavy atom. The van der Waals surface area contributed by atoms with Crippen LogP contribution >= 0.6 is 11.6 Å². The summed E-state index contributed by atoms with van der Waals surface area (Å²) in [6.07, 6.45) is -4.42. The Morgan fingerprint density at radius 2 is 1.68 bits per heavy atom. The second-order valence-corrected chi connectivity index (χ2v) is 8.42. The highest BCUT2D eigenvalue weighted by Crippen LogP contribution is 2.33. The zero-order valence-corrected chi connectivity index (χ0v) is 17.8. The molecule has 0 saturated carbocycles. The van der Waals surface area contributed by atoms with E-state index in [-0.39, 0.29) is 29.6 Å². The van der Waals surface area contributed by atoms with Crippen molar-refractivity contribution < 1.29 is 31.2 Å². The van der Waals surface area contributed by atoms with Crippen LogP contribution in [-0.2, 0) is 21.0 Å². The van der Waals surface area contributed by atoms with E-state index in [4.69, 9.17) is 11.6 Å². The normalized spacial score (nSPS) is 11.8. The molecule has 0 aliphatic carbocycles. The van der Waals surface area contributed by atoms with Gasteiger partial charge < -0.3 is 10.6 Å². The molecule has 2 aromatic rings. The number of hydrogen-bond donors (Lipinski definition) is 3. The summed E-state index contributed by atoms with van der Waals surface area (Å²) in [6, 6.07) is 8.03. The molecule has 0 radical (unpaired) electrons. The van der Waals surface area contributed by atoms with E-state index in [1.807, 2.05) is 0 Å². The van der Waals surface area contributed by atoms with Crippen LogP contribution in [0.1, 0.15) is 29.3 Å². The smallest absolute Gasteiger partial charge is 0.351 e. The summed E-state index contributed by atoms with van der Waals surface area (Å²) in [5.41, 5.74) is -0.350. The average Bonchev–Trinajstić information content (AvgIpc) is 2.70. The SMILES string of the molecule is CCC(=O)Nc1ccc(C(=O)NCCNS(=O)(=O)c2cc(C(F)(F)F)ccc2Cl)cc1. The van der Waals surface area contributed by atoms with Crippen molar-refractivity contribution in [3.8, 4) is 0 Å². The van der Waals surface area contributed by atoms with Crippen molar-refractivity contribution >= 4 is 39.1 Å². The van der Waals surface area contributed by atoms with E-state index in [9.17, 15) is 31.2 Å². The van der Waals surface area contributed by atoms with Crippen LogP contribution in [0, 0.1) is 0 Å². The molecular formula is C19H19ClF3N3O4S. The van der Waals surface area contributed by atoms with Crippen LogP contribution < -0.4 is 15.4 Å². The zero-order chi connectivity index (χ0) is 23.2. The molecule has 0 unspecified atom stereocenters. The summed E-state index contributed by atoms with van der Waals surface area (Å²) in [5, 5.41) is 4.75. The van der Waals surface area contributed by atoms with Gasteiger partial charge in [-0.2, -0.15) is 13.2 Å². The summed E-state index contributed by atoms with van der Waals surface area (Å²) in [7, 11) is -4.33. The molecule has 0 spiro atoms. The minimum atomic E-state index is -4.72. The number of sulfonamides is 1. The third-order valence-corrected chi connectivity index (χ3v) is 5.95. The largest absolute Gasteiger partial charge is 0.416 e. The molecule has 12 heteroatoms. The summed E-state index contributed by atoms with van der Waals surface area (Å²) in [4.78, 5) is 22.7. The number of hydrogen-bond acceptors (Lipinski definition) is 4. The first-order valence-corrected chi connectivity index (χ1v) is 10.8. The lowest BCUT2D eigenvalue weighted by atomic mass is 10.2. The predicted octanol–water partition coefficient (Wildman–Crippen LogP) is 3.42. The van der Waals surface area contributed by atoms with E-state index in [2.05, 4.69) is 15.4 Å². The van der Waals surface area contributed by atoms with E-state index in [0.717, 1.165) is 6.07 Å². The Kier molecular flexibility index (Phi) is 8.04. The second-order valence-electron chi connectivity index (χ2n) is 6.28. The van der Waals surface area contributed by atoms with E-state index in [1.165, 1.54) is 12.1 Å². The molecule has 0 heterocycles. The Bertz CT molecular complexity index is 1060. The summed E-state index contributed by atoms with van der Waals surface area (Å²) in [5.74, 6) is -0.671. The highest BCUT2D eigenvalue weighted by molar-refractivity contribution is 7.89. The number of benzene rings is 2. The van der Waals surface area contributed by atoms with Gasteiger partial charge in [0, 0.05) is 30.8 Å². The van der Waals surface area contributed by atoms with Crippen molar-refractivity contribution in [3.63, 3.8) is 0 Å². The summed E-state index contributed by atoms with van der Waals surface area (Å²) in [6.45, 7) is 1.31. The fourth-order valence-corrected chi connectivity index (χ4v) is 3.94. The summed E-state index contributed by atoms with van der Waals surface area (Å²) < 4.78 is 65.1. The van der Waals surface area contributed by atoms with Crippen molar-refractivity contribution in [2.75, 3.05) is 18.4 Å². The lowest BCUT2D eigenvalue weighted by Crippen LogP contribution is -2.34. The van der Waals surface area contributed by atoms with Crippen molar-refractivity contribution in [3.05, 3.63) is 58.6 Å². The number of halogens is 4. The Balaban J connectivity index is 1.93. The molecule has 0 aromatic heterocycles. The third kappa shape index (κ3) is 6.94.